The van der Waals surface area contributed by atoms with Crippen molar-refractivity contribution in [3.05, 3.63) is 41.8 Å². The fraction of sp³-hybridized carbons (Fsp3) is 0.0909. The van der Waals surface area contributed by atoms with E-state index >= 15 is 0 Å². The summed E-state index contributed by atoms with van der Waals surface area (Å²) in [4.78, 5) is 7.09. The predicted molar refractivity (Wildman–Crippen MR) is 61.3 cm³/mol. The summed E-state index contributed by atoms with van der Waals surface area (Å²) in [6.45, 7) is 0. The van der Waals surface area contributed by atoms with Crippen LogP contribution in [0.5, 0.6) is 11.6 Å². The number of anilines is 1. The van der Waals surface area contributed by atoms with Crippen molar-refractivity contribution in [2.45, 2.75) is 6.18 Å². The third kappa shape index (κ3) is 3.12. The zero-order valence-corrected chi connectivity index (χ0v) is 9.78. The number of hydrogen-bond donors (Lipinski definition) is 2. The van der Waals surface area contributed by atoms with Gasteiger partial charge in [0.05, 0.1) is 11.8 Å². The normalized spacial score (nSPS) is 11.2. The number of halogens is 4. The molecule has 5 nitrogen and oxygen atoms in total. The lowest BCUT2D eigenvalue weighted by Crippen LogP contribution is -2.11. The van der Waals surface area contributed by atoms with E-state index < -0.39 is 23.4 Å². The molecule has 0 unspecified atom stereocenters. The molecular weight excluding hydrogens is 280 g/mol. The van der Waals surface area contributed by atoms with Gasteiger partial charge < -0.3 is 4.74 Å². The van der Waals surface area contributed by atoms with Gasteiger partial charge in [-0.15, -0.1) is 0 Å². The molecule has 1 aromatic heterocycles. The van der Waals surface area contributed by atoms with Gasteiger partial charge in [-0.25, -0.2) is 10.8 Å². The summed E-state index contributed by atoms with van der Waals surface area (Å²) < 4.78 is 55.5. The number of hydrogen-bond acceptors (Lipinski definition) is 5. The molecule has 0 amide bonds. The average Bonchev–Trinajstić information content (AvgIpc) is 2.41. The summed E-state index contributed by atoms with van der Waals surface area (Å²) in [5, 5.41) is 0. The first kappa shape index (κ1) is 14.0. The number of rotatable bonds is 3. The van der Waals surface area contributed by atoms with Crippen LogP contribution in [-0.2, 0) is 6.18 Å². The van der Waals surface area contributed by atoms with Crippen LogP contribution in [0.15, 0.2) is 30.5 Å². The highest BCUT2D eigenvalue weighted by Crippen LogP contribution is 2.31. The predicted octanol–water partition coefficient (Wildman–Crippen LogP) is 2.71. The molecule has 0 saturated heterocycles. The van der Waals surface area contributed by atoms with E-state index in [1.807, 2.05) is 0 Å². The van der Waals surface area contributed by atoms with E-state index in [-0.39, 0.29) is 11.7 Å². The SMILES string of the molecule is NNc1ncc(F)c(Oc2ccc(C(F)(F)F)cc2)n1. The third-order valence-electron chi connectivity index (χ3n) is 2.24. The number of ether oxygens (including phenoxy) is 1. The maximum absolute atomic E-state index is 13.4. The van der Waals surface area contributed by atoms with Crippen LogP contribution in [0.3, 0.4) is 0 Å². The first-order chi connectivity index (χ1) is 9.40. The topological polar surface area (TPSA) is 73.1 Å². The van der Waals surface area contributed by atoms with Crippen molar-refractivity contribution in [2.24, 2.45) is 5.84 Å². The number of aromatic nitrogens is 2. The molecule has 2 rings (SSSR count). The molecule has 3 N–H and O–H groups in total. The highest BCUT2D eigenvalue weighted by molar-refractivity contribution is 5.33. The standard InChI is InChI=1S/C11H8F4N4O/c12-8-5-17-10(19-16)18-9(8)20-7-3-1-6(2-4-7)11(13,14)15/h1-5H,16H2,(H,17,18,19). The fourth-order valence-electron chi connectivity index (χ4n) is 1.32. The molecule has 0 bridgehead atoms. The van der Waals surface area contributed by atoms with Crippen LogP contribution in [0.25, 0.3) is 0 Å². The van der Waals surface area contributed by atoms with Crippen molar-refractivity contribution >= 4 is 5.95 Å². The van der Waals surface area contributed by atoms with Crippen LogP contribution in [0.2, 0.25) is 0 Å². The van der Waals surface area contributed by atoms with Gasteiger partial charge >= 0.3 is 6.18 Å². The Morgan fingerprint density at radius 3 is 2.35 bits per heavy atom. The number of benzene rings is 1. The van der Waals surface area contributed by atoms with Crippen molar-refractivity contribution in [3.63, 3.8) is 0 Å². The number of alkyl halides is 3. The summed E-state index contributed by atoms with van der Waals surface area (Å²) in [5.74, 6) is 3.64. The Kier molecular flexibility index (Phi) is 3.70. The van der Waals surface area contributed by atoms with Gasteiger partial charge in [0, 0.05) is 0 Å². The molecule has 9 heteroatoms. The van der Waals surface area contributed by atoms with Crippen molar-refractivity contribution < 1.29 is 22.3 Å². The summed E-state index contributed by atoms with van der Waals surface area (Å²) >= 11 is 0. The Labute approximate surface area is 110 Å². The van der Waals surface area contributed by atoms with E-state index in [9.17, 15) is 17.6 Å². The maximum atomic E-state index is 13.4. The largest absolute Gasteiger partial charge is 0.436 e. The number of nitrogens with two attached hydrogens (primary N) is 1. The van der Waals surface area contributed by atoms with Crippen LogP contribution >= 0.6 is 0 Å². The molecule has 0 aliphatic rings. The first-order valence-electron chi connectivity index (χ1n) is 5.24. The van der Waals surface area contributed by atoms with Gasteiger partial charge in [0.15, 0.2) is 0 Å². The average molecular weight is 288 g/mol. The Hall–Kier alpha value is -2.42. The molecule has 106 valence electrons. The van der Waals surface area contributed by atoms with E-state index in [0.717, 1.165) is 30.5 Å². The van der Waals surface area contributed by atoms with Gasteiger partial charge in [-0.05, 0) is 24.3 Å². The molecule has 1 heterocycles. The molecule has 20 heavy (non-hydrogen) atoms. The minimum Gasteiger partial charge on any atom is -0.436 e. The lowest BCUT2D eigenvalue weighted by molar-refractivity contribution is -0.137. The van der Waals surface area contributed by atoms with Crippen LogP contribution in [0, 0.1) is 5.82 Å². The molecule has 0 radical (unpaired) electrons. The molecule has 2 aromatic rings. The fourth-order valence-corrected chi connectivity index (χ4v) is 1.32. The summed E-state index contributed by atoms with van der Waals surface area (Å²) in [6, 6.07) is 3.74. The third-order valence-corrected chi connectivity index (χ3v) is 2.24. The monoisotopic (exact) mass is 288 g/mol. The number of hydrazine groups is 1. The van der Waals surface area contributed by atoms with E-state index in [2.05, 4.69) is 15.4 Å². The van der Waals surface area contributed by atoms with Gasteiger partial charge in [-0.2, -0.15) is 22.5 Å². The molecule has 0 saturated carbocycles. The van der Waals surface area contributed by atoms with Gasteiger partial charge in [-0.1, -0.05) is 0 Å². The zero-order valence-electron chi connectivity index (χ0n) is 9.78. The minimum absolute atomic E-state index is 0.00132. The quantitative estimate of drug-likeness (QED) is 0.516. The van der Waals surface area contributed by atoms with E-state index in [1.165, 1.54) is 0 Å². The molecule has 0 spiro atoms. The molecule has 0 fully saturated rings. The number of nitrogens with zero attached hydrogens (tertiary/aromatic N) is 2. The van der Waals surface area contributed by atoms with Gasteiger partial charge in [-0.3, -0.25) is 5.43 Å². The second-order valence-electron chi connectivity index (χ2n) is 3.62. The van der Waals surface area contributed by atoms with Crippen molar-refractivity contribution in [1.29, 1.82) is 0 Å². The summed E-state index contributed by atoms with van der Waals surface area (Å²) in [6.07, 6.45) is -3.63. The van der Waals surface area contributed by atoms with E-state index in [1.54, 1.807) is 0 Å². The Bertz CT molecular complexity index is 600. The zero-order chi connectivity index (χ0) is 14.8. The van der Waals surface area contributed by atoms with Crippen molar-refractivity contribution in [3.8, 4) is 11.6 Å². The lowest BCUT2D eigenvalue weighted by atomic mass is 10.2. The molecule has 1 aromatic carbocycles. The highest BCUT2D eigenvalue weighted by Gasteiger charge is 2.30. The Balaban J connectivity index is 2.22. The second kappa shape index (κ2) is 5.29. The smallest absolute Gasteiger partial charge is 0.416 e. The molecule has 0 aliphatic heterocycles. The lowest BCUT2D eigenvalue weighted by Gasteiger charge is -2.09. The van der Waals surface area contributed by atoms with Gasteiger partial charge in [0.2, 0.25) is 11.8 Å². The number of nitrogens with one attached hydrogen (secondary N) is 1. The summed E-state index contributed by atoms with van der Waals surface area (Å²) in [7, 11) is 0. The van der Waals surface area contributed by atoms with Crippen LogP contribution in [0.1, 0.15) is 5.56 Å². The van der Waals surface area contributed by atoms with Crippen LogP contribution < -0.4 is 16.0 Å². The van der Waals surface area contributed by atoms with Gasteiger partial charge in [0.25, 0.3) is 5.88 Å². The van der Waals surface area contributed by atoms with Crippen molar-refractivity contribution in [1.82, 2.24) is 9.97 Å². The maximum Gasteiger partial charge on any atom is 0.416 e. The number of nitrogen functional groups attached to an aromatic ring is 1. The Morgan fingerprint density at radius 1 is 1.15 bits per heavy atom. The Morgan fingerprint density at radius 2 is 1.80 bits per heavy atom. The molecule has 0 atom stereocenters. The van der Waals surface area contributed by atoms with Crippen LogP contribution in [-0.4, -0.2) is 9.97 Å². The van der Waals surface area contributed by atoms with E-state index in [0.29, 0.717) is 0 Å². The minimum atomic E-state index is -4.45. The summed E-state index contributed by atoms with van der Waals surface area (Å²) in [5.41, 5.74) is 1.26. The highest BCUT2D eigenvalue weighted by atomic mass is 19.4. The molecule has 0 aliphatic carbocycles. The van der Waals surface area contributed by atoms with Crippen molar-refractivity contribution in [2.75, 3.05) is 5.43 Å². The second-order valence-corrected chi connectivity index (χ2v) is 3.62. The van der Waals surface area contributed by atoms with Gasteiger partial charge in [0.1, 0.15) is 5.75 Å². The van der Waals surface area contributed by atoms with Crippen LogP contribution in [0.4, 0.5) is 23.5 Å². The molecular formula is C11H8F4N4O. The first-order valence-corrected chi connectivity index (χ1v) is 5.24. The van der Waals surface area contributed by atoms with E-state index in [4.69, 9.17) is 10.6 Å².